The van der Waals surface area contributed by atoms with Crippen molar-refractivity contribution in [2.45, 2.75) is 39.2 Å². The lowest BCUT2D eigenvalue weighted by Crippen LogP contribution is -2.33. The summed E-state index contributed by atoms with van der Waals surface area (Å²) in [5.41, 5.74) is 5.34. The molecule has 0 bridgehead atoms. The maximum absolute atomic E-state index is 10.4. The Labute approximate surface area is 85.9 Å². The van der Waals surface area contributed by atoms with E-state index in [1.165, 1.54) is 6.42 Å². The van der Waals surface area contributed by atoms with Crippen LogP contribution in [0.3, 0.4) is 0 Å². The fourth-order valence-corrected chi connectivity index (χ4v) is 1.14. The number of aliphatic carboxylic acids is 1. The Kier molecular flexibility index (Phi) is 7.42. The Hall–Kier alpha value is -0.610. The molecule has 0 aromatic carbocycles. The van der Waals surface area contributed by atoms with E-state index >= 15 is 0 Å². The summed E-state index contributed by atoms with van der Waals surface area (Å²) in [5, 5.41) is 11.7. The third-order valence-corrected chi connectivity index (χ3v) is 2.08. The zero-order chi connectivity index (χ0) is 11.0. The number of carboxylic acids is 1. The predicted molar refractivity (Wildman–Crippen MR) is 57.2 cm³/mol. The van der Waals surface area contributed by atoms with Gasteiger partial charge in [-0.15, -0.1) is 0 Å². The van der Waals surface area contributed by atoms with Gasteiger partial charge in [-0.05, 0) is 38.3 Å². The topological polar surface area (TPSA) is 75.3 Å². The summed E-state index contributed by atoms with van der Waals surface area (Å²) < 4.78 is 0. The van der Waals surface area contributed by atoms with Crippen molar-refractivity contribution >= 4 is 5.97 Å². The Bertz CT molecular complexity index is 160. The molecule has 1 unspecified atom stereocenters. The van der Waals surface area contributed by atoms with Crippen LogP contribution < -0.4 is 11.1 Å². The zero-order valence-electron chi connectivity index (χ0n) is 9.12. The third kappa shape index (κ3) is 8.01. The minimum absolute atomic E-state index is 0.497. The van der Waals surface area contributed by atoms with Crippen LogP contribution in [-0.4, -0.2) is 30.2 Å². The molecule has 14 heavy (non-hydrogen) atoms. The average molecular weight is 202 g/mol. The van der Waals surface area contributed by atoms with Gasteiger partial charge in [0.25, 0.3) is 0 Å². The van der Waals surface area contributed by atoms with Crippen molar-refractivity contribution in [2.75, 3.05) is 13.1 Å². The van der Waals surface area contributed by atoms with E-state index in [2.05, 4.69) is 19.2 Å². The number of hydrogen-bond donors (Lipinski definition) is 3. The number of nitrogens with one attached hydrogen (secondary N) is 1. The first kappa shape index (κ1) is 13.4. The quantitative estimate of drug-likeness (QED) is 0.509. The van der Waals surface area contributed by atoms with Crippen molar-refractivity contribution in [3.63, 3.8) is 0 Å². The largest absolute Gasteiger partial charge is 0.480 e. The van der Waals surface area contributed by atoms with E-state index in [1.807, 2.05) is 0 Å². The summed E-state index contributed by atoms with van der Waals surface area (Å²) in [6.07, 6.45) is 2.84. The Morgan fingerprint density at radius 1 is 1.36 bits per heavy atom. The van der Waals surface area contributed by atoms with Crippen LogP contribution in [-0.2, 0) is 4.79 Å². The second kappa shape index (κ2) is 7.76. The first-order chi connectivity index (χ1) is 6.54. The lowest BCUT2D eigenvalue weighted by molar-refractivity contribution is -0.138. The molecule has 4 heteroatoms. The molecule has 0 aromatic rings. The number of rotatable bonds is 8. The molecule has 4 nitrogen and oxygen atoms in total. The smallest absolute Gasteiger partial charge is 0.320 e. The van der Waals surface area contributed by atoms with Crippen LogP contribution in [0.4, 0.5) is 0 Å². The van der Waals surface area contributed by atoms with E-state index in [0.29, 0.717) is 13.0 Å². The normalized spacial score (nSPS) is 13.1. The van der Waals surface area contributed by atoms with Crippen LogP contribution in [0.5, 0.6) is 0 Å². The highest BCUT2D eigenvalue weighted by atomic mass is 16.4. The maximum atomic E-state index is 10.4. The van der Waals surface area contributed by atoms with Gasteiger partial charge in [-0.1, -0.05) is 13.8 Å². The second-order valence-electron chi connectivity index (χ2n) is 4.02. The van der Waals surface area contributed by atoms with E-state index in [4.69, 9.17) is 10.8 Å². The molecule has 0 heterocycles. The first-order valence-electron chi connectivity index (χ1n) is 5.23. The fourth-order valence-electron chi connectivity index (χ4n) is 1.14. The van der Waals surface area contributed by atoms with Crippen LogP contribution >= 0.6 is 0 Å². The van der Waals surface area contributed by atoms with Gasteiger partial charge in [0.2, 0.25) is 0 Å². The maximum Gasteiger partial charge on any atom is 0.320 e. The molecule has 0 aromatic heterocycles. The number of carbonyl (C=O) groups is 1. The third-order valence-electron chi connectivity index (χ3n) is 2.08. The van der Waals surface area contributed by atoms with Crippen molar-refractivity contribution in [1.82, 2.24) is 5.32 Å². The van der Waals surface area contributed by atoms with Gasteiger partial charge in [0.15, 0.2) is 0 Å². The molecular formula is C10H22N2O2. The van der Waals surface area contributed by atoms with Gasteiger partial charge in [-0.25, -0.2) is 0 Å². The summed E-state index contributed by atoms with van der Waals surface area (Å²) in [5.74, 6) is -0.188. The fraction of sp³-hybridized carbons (Fsp3) is 0.900. The SMILES string of the molecule is CC(C)CCCNCCC(N)C(=O)O. The van der Waals surface area contributed by atoms with E-state index in [9.17, 15) is 4.79 Å². The summed E-state index contributed by atoms with van der Waals surface area (Å²) in [6, 6.07) is -0.729. The molecule has 84 valence electrons. The number of nitrogens with two attached hydrogens (primary N) is 1. The summed E-state index contributed by atoms with van der Waals surface area (Å²) in [7, 11) is 0. The molecule has 0 aliphatic carbocycles. The molecule has 1 atom stereocenters. The van der Waals surface area contributed by atoms with Crippen LogP contribution in [0.2, 0.25) is 0 Å². The Morgan fingerprint density at radius 2 is 2.00 bits per heavy atom. The highest BCUT2D eigenvalue weighted by Gasteiger charge is 2.09. The highest BCUT2D eigenvalue weighted by molar-refractivity contribution is 5.72. The minimum atomic E-state index is -0.922. The van der Waals surface area contributed by atoms with Crippen LogP contribution in [0.1, 0.15) is 33.1 Å². The summed E-state index contributed by atoms with van der Waals surface area (Å²) >= 11 is 0. The van der Waals surface area contributed by atoms with Crippen molar-refractivity contribution in [3.05, 3.63) is 0 Å². The van der Waals surface area contributed by atoms with Crippen molar-refractivity contribution in [2.24, 2.45) is 11.7 Å². The molecule has 0 radical (unpaired) electrons. The molecule has 0 saturated carbocycles. The average Bonchev–Trinajstić information content (AvgIpc) is 2.09. The van der Waals surface area contributed by atoms with Crippen LogP contribution in [0.25, 0.3) is 0 Å². The highest BCUT2D eigenvalue weighted by Crippen LogP contribution is 2.01. The Balaban J connectivity index is 3.17. The second-order valence-corrected chi connectivity index (χ2v) is 4.02. The van der Waals surface area contributed by atoms with Crippen LogP contribution in [0, 0.1) is 5.92 Å². The van der Waals surface area contributed by atoms with Gasteiger partial charge < -0.3 is 16.2 Å². The molecule has 4 N–H and O–H groups in total. The molecule has 0 amide bonds. The van der Waals surface area contributed by atoms with Gasteiger partial charge in [-0.3, -0.25) is 4.79 Å². The van der Waals surface area contributed by atoms with E-state index in [0.717, 1.165) is 18.9 Å². The van der Waals surface area contributed by atoms with Gasteiger partial charge in [0.1, 0.15) is 6.04 Å². The minimum Gasteiger partial charge on any atom is -0.480 e. The van der Waals surface area contributed by atoms with Crippen LogP contribution in [0.15, 0.2) is 0 Å². The molecule has 0 rings (SSSR count). The van der Waals surface area contributed by atoms with Crippen molar-refractivity contribution in [1.29, 1.82) is 0 Å². The number of hydrogen-bond acceptors (Lipinski definition) is 3. The predicted octanol–water partition coefficient (Wildman–Crippen LogP) is 0.814. The van der Waals surface area contributed by atoms with Crippen molar-refractivity contribution in [3.8, 4) is 0 Å². The first-order valence-corrected chi connectivity index (χ1v) is 5.23. The standard InChI is InChI=1S/C10H22N2O2/c1-8(2)4-3-6-12-7-5-9(11)10(13)14/h8-9,12H,3-7,11H2,1-2H3,(H,13,14). The molecule has 0 aliphatic heterocycles. The zero-order valence-corrected chi connectivity index (χ0v) is 9.12. The van der Waals surface area contributed by atoms with Gasteiger partial charge >= 0.3 is 5.97 Å². The molecule has 0 spiro atoms. The Morgan fingerprint density at radius 3 is 2.50 bits per heavy atom. The molecular weight excluding hydrogens is 180 g/mol. The van der Waals surface area contributed by atoms with Crippen molar-refractivity contribution < 1.29 is 9.90 Å². The monoisotopic (exact) mass is 202 g/mol. The van der Waals surface area contributed by atoms with Gasteiger partial charge in [0, 0.05) is 0 Å². The molecule has 0 fully saturated rings. The van der Waals surface area contributed by atoms with Gasteiger partial charge in [0.05, 0.1) is 0 Å². The summed E-state index contributed by atoms with van der Waals surface area (Å²) in [6.45, 7) is 6.02. The van der Waals surface area contributed by atoms with Gasteiger partial charge in [-0.2, -0.15) is 0 Å². The van der Waals surface area contributed by atoms with E-state index in [1.54, 1.807) is 0 Å². The van der Waals surface area contributed by atoms with E-state index in [-0.39, 0.29) is 0 Å². The number of carboxylic acid groups (broad SMARTS) is 1. The lowest BCUT2D eigenvalue weighted by Gasteiger charge is -2.08. The van der Waals surface area contributed by atoms with E-state index < -0.39 is 12.0 Å². The molecule has 0 saturated heterocycles. The lowest BCUT2D eigenvalue weighted by atomic mass is 10.1. The molecule has 0 aliphatic rings. The summed E-state index contributed by atoms with van der Waals surface area (Å²) in [4.78, 5) is 10.4.